The van der Waals surface area contributed by atoms with Gasteiger partial charge in [-0.15, -0.1) is 5.10 Å². The third-order valence-corrected chi connectivity index (χ3v) is 2.99. The first kappa shape index (κ1) is 11.8. The van der Waals surface area contributed by atoms with E-state index in [0.717, 1.165) is 0 Å². The van der Waals surface area contributed by atoms with Crippen molar-refractivity contribution < 1.29 is 14.3 Å². The van der Waals surface area contributed by atoms with Crippen molar-refractivity contribution in [3.63, 3.8) is 0 Å². The van der Waals surface area contributed by atoms with Crippen molar-refractivity contribution in [1.29, 1.82) is 0 Å². The molecule has 0 N–H and O–H groups in total. The largest absolute Gasteiger partial charge is 0.467 e. The average Bonchev–Trinajstić information content (AvgIpc) is 2.94. The van der Waals surface area contributed by atoms with Crippen LogP contribution in [-0.2, 0) is 14.3 Å². The van der Waals surface area contributed by atoms with Gasteiger partial charge in [-0.05, 0) is 10.4 Å². The number of fused-ring (bicyclic) bond motifs is 1. The van der Waals surface area contributed by atoms with Crippen molar-refractivity contribution in [2.75, 3.05) is 31.8 Å². The number of tetrazole rings is 1. The van der Waals surface area contributed by atoms with E-state index >= 15 is 0 Å². The number of methoxy groups -OCH3 is 1. The number of carbonyl (C=O) groups excluding carboxylic acids is 1. The van der Waals surface area contributed by atoms with Crippen LogP contribution in [0.3, 0.4) is 0 Å². The molecule has 0 aliphatic carbocycles. The summed E-state index contributed by atoms with van der Waals surface area (Å²) >= 11 is 0. The number of carbonyl (C=O) groups is 1. The van der Waals surface area contributed by atoms with Crippen LogP contribution in [0.5, 0.6) is 0 Å². The highest BCUT2D eigenvalue weighted by molar-refractivity contribution is 5.80. The van der Waals surface area contributed by atoms with Crippen molar-refractivity contribution in [1.82, 2.24) is 25.0 Å². The number of rotatable bonds is 2. The first-order valence-corrected chi connectivity index (χ1v) is 5.75. The van der Waals surface area contributed by atoms with Gasteiger partial charge in [0.25, 0.3) is 0 Å². The average molecular weight is 264 g/mol. The minimum absolute atomic E-state index is 0.269. The maximum absolute atomic E-state index is 11.8. The van der Waals surface area contributed by atoms with E-state index in [4.69, 9.17) is 9.47 Å². The molecule has 0 saturated carbocycles. The first-order valence-electron chi connectivity index (χ1n) is 5.75. The Kier molecular flexibility index (Phi) is 2.95. The topological polar surface area (TPSA) is 94.7 Å². The molecule has 0 radical (unpaired) electrons. The van der Waals surface area contributed by atoms with Gasteiger partial charge in [-0.2, -0.15) is 4.52 Å². The molecular weight excluding hydrogens is 252 g/mol. The van der Waals surface area contributed by atoms with Gasteiger partial charge in [0.2, 0.25) is 0 Å². The minimum atomic E-state index is -0.518. The molecule has 0 amide bonds. The Morgan fingerprint density at radius 2 is 2.42 bits per heavy atom. The lowest BCUT2D eigenvalue weighted by atomic mass is 10.2. The quantitative estimate of drug-likeness (QED) is 0.631. The Balaban J connectivity index is 2.02. The molecule has 1 atom stereocenters. The maximum Gasteiger partial charge on any atom is 0.330 e. The predicted molar refractivity (Wildman–Crippen MR) is 62.5 cm³/mol. The van der Waals surface area contributed by atoms with Gasteiger partial charge in [0.15, 0.2) is 17.5 Å². The van der Waals surface area contributed by atoms with Crippen LogP contribution >= 0.6 is 0 Å². The molecule has 1 unspecified atom stereocenters. The molecule has 0 spiro atoms. The molecule has 0 bridgehead atoms. The second-order valence-electron chi connectivity index (χ2n) is 4.02. The molecule has 1 aliphatic rings. The second-order valence-corrected chi connectivity index (χ2v) is 4.02. The molecule has 1 saturated heterocycles. The Hall–Kier alpha value is -2.29. The normalized spacial score (nSPS) is 19.6. The van der Waals surface area contributed by atoms with Crippen LogP contribution in [0.25, 0.3) is 5.65 Å². The Labute approximate surface area is 108 Å². The number of morpholine rings is 1. The highest BCUT2D eigenvalue weighted by Crippen LogP contribution is 2.19. The molecule has 2 aromatic heterocycles. The fourth-order valence-electron chi connectivity index (χ4n) is 2.07. The van der Waals surface area contributed by atoms with Crippen molar-refractivity contribution in [3.05, 3.63) is 12.4 Å². The Bertz CT molecular complexity index is 600. The van der Waals surface area contributed by atoms with Gasteiger partial charge in [-0.25, -0.2) is 4.79 Å². The van der Waals surface area contributed by atoms with Gasteiger partial charge in [-0.1, -0.05) is 0 Å². The zero-order valence-electron chi connectivity index (χ0n) is 10.3. The third-order valence-electron chi connectivity index (χ3n) is 2.99. The first-order chi connectivity index (χ1) is 9.31. The predicted octanol–water partition coefficient (Wildman–Crippen LogP) is -1.10. The van der Waals surface area contributed by atoms with Crippen molar-refractivity contribution >= 4 is 17.4 Å². The summed E-state index contributed by atoms with van der Waals surface area (Å²) in [5.41, 5.74) is 0.521. The van der Waals surface area contributed by atoms with E-state index < -0.39 is 6.04 Å². The standard InChI is InChI=1S/C10H12N6O3/c1-18-10(17)7-6-19-3-2-15(7)9-5-11-4-8-12-13-14-16(8)9/h4-5,7H,2-3,6H2,1H3. The number of ether oxygens (including phenoxy) is 2. The molecule has 9 heteroatoms. The van der Waals surface area contributed by atoms with Gasteiger partial charge in [0.1, 0.15) is 0 Å². The molecule has 9 nitrogen and oxygen atoms in total. The second kappa shape index (κ2) is 4.76. The zero-order chi connectivity index (χ0) is 13.2. The summed E-state index contributed by atoms with van der Waals surface area (Å²) in [4.78, 5) is 17.7. The van der Waals surface area contributed by atoms with Crippen LogP contribution in [-0.4, -0.2) is 63.9 Å². The van der Waals surface area contributed by atoms with E-state index in [0.29, 0.717) is 24.6 Å². The van der Waals surface area contributed by atoms with E-state index in [1.807, 2.05) is 4.90 Å². The Morgan fingerprint density at radius 3 is 3.26 bits per heavy atom. The van der Waals surface area contributed by atoms with Crippen LogP contribution in [0.4, 0.5) is 5.82 Å². The van der Waals surface area contributed by atoms with E-state index in [9.17, 15) is 4.79 Å². The lowest BCUT2D eigenvalue weighted by molar-refractivity contribution is -0.144. The highest BCUT2D eigenvalue weighted by atomic mass is 16.5. The smallest absolute Gasteiger partial charge is 0.330 e. The number of hydrogen-bond donors (Lipinski definition) is 0. The minimum Gasteiger partial charge on any atom is -0.467 e. The molecular formula is C10H12N6O3. The number of nitrogens with zero attached hydrogens (tertiary/aromatic N) is 6. The van der Waals surface area contributed by atoms with Crippen LogP contribution < -0.4 is 4.90 Å². The summed E-state index contributed by atoms with van der Waals surface area (Å²) in [7, 11) is 1.35. The fourth-order valence-corrected chi connectivity index (χ4v) is 2.07. The summed E-state index contributed by atoms with van der Waals surface area (Å²) in [5.74, 6) is 0.283. The van der Waals surface area contributed by atoms with Crippen LogP contribution in [0, 0.1) is 0 Å². The van der Waals surface area contributed by atoms with Gasteiger partial charge in [-0.3, -0.25) is 4.98 Å². The van der Waals surface area contributed by atoms with Gasteiger partial charge >= 0.3 is 5.97 Å². The van der Waals surface area contributed by atoms with E-state index in [2.05, 4.69) is 20.5 Å². The molecule has 3 heterocycles. The SMILES string of the molecule is COC(=O)C1COCCN1c1cncc2nnnn12. The molecule has 19 heavy (non-hydrogen) atoms. The van der Waals surface area contributed by atoms with Crippen molar-refractivity contribution in [2.45, 2.75) is 6.04 Å². The van der Waals surface area contributed by atoms with E-state index in [1.54, 1.807) is 12.4 Å². The van der Waals surface area contributed by atoms with Crippen molar-refractivity contribution in [2.24, 2.45) is 0 Å². The lowest BCUT2D eigenvalue weighted by Gasteiger charge is -2.34. The highest BCUT2D eigenvalue weighted by Gasteiger charge is 2.32. The summed E-state index contributed by atoms with van der Waals surface area (Å²) in [6.45, 7) is 1.33. The van der Waals surface area contributed by atoms with Gasteiger partial charge < -0.3 is 14.4 Å². The summed E-state index contributed by atoms with van der Waals surface area (Å²) in [5, 5.41) is 11.3. The third kappa shape index (κ3) is 1.97. The Morgan fingerprint density at radius 1 is 1.53 bits per heavy atom. The number of hydrogen-bond acceptors (Lipinski definition) is 8. The van der Waals surface area contributed by atoms with E-state index in [1.165, 1.54) is 11.6 Å². The fraction of sp³-hybridized carbons (Fsp3) is 0.500. The zero-order valence-corrected chi connectivity index (χ0v) is 10.3. The summed E-state index contributed by atoms with van der Waals surface area (Å²) in [6.07, 6.45) is 3.17. The number of anilines is 1. The van der Waals surface area contributed by atoms with Crippen LogP contribution in [0.2, 0.25) is 0 Å². The maximum atomic E-state index is 11.8. The molecule has 1 aliphatic heterocycles. The molecule has 3 rings (SSSR count). The van der Waals surface area contributed by atoms with Gasteiger partial charge in [0.05, 0.1) is 32.7 Å². The molecule has 1 fully saturated rings. The molecule has 2 aromatic rings. The molecule has 100 valence electrons. The number of esters is 1. The van der Waals surface area contributed by atoms with E-state index in [-0.39, 0.29) is 12.6 Å². The monoisotopic (exact) mass is 264 g/mol. The molecule has 0 aromatic carbocycles. The van der Waals surface area contributed by atoms with Gasteiger partial charge in [0, 0.05) is 6.54 Å². The lowest BCUT2D eigenvalue weighted by Crippen LogP contribution is -2.51. The summed E-state index contributed by atoms with van der Waals surface area (Å²) < 4.78 is 11.7. The van der Waals surface area contributed by atoms with Crippen molar-refractivity contribution in [3.8, 4) is 0 Å². The van der Waals surface area contributed by atoms with Crippen LogP contribution in [0.1, 0.15) is 0 Å². The van der Waals surface area contributed by atoms with Crippen LogP contribution in [0.15, 0.2) is 12.4 Å². The number of aromatic nitrogens is 5. The summed E-state index contributed by atoms with van der Waals surface area (Å²) in [6, 6.07) is -0.518.